The Hall–Kier alpha value is -0.570. The maximum atomic E-state index is 10.6. The maximum Gasteiger partial charge on any atom is 0.306 e. The number of aliphatic carboxylic acids is 1. The summed E-state index contributed by atoms with van der Waals surface area (Å²) in [5, 5.41) is 17.6. The molecule has 3 nitrogen and oxygen atoms in total. The fourth-order valence-electron chi connectivity index (χ4n) is 1.75. The second kappa shape index (κ2) is 3.72. The molecule has 0 heterocycles. The Morgan fingerprint density at radius 3 is 2.45 bits per heavy atom. The van der Waals surface area contributed by atoms with Gasteiger partial charge in [0.15, 0.2) is 0 Å². The van der Waals surface area contributed by atoms with Crippen molar-refractivity contribution in [2.75, 3.05) is 6.61 Å². The van der Waals surface area contributed by atoms with Crippen molar-refractivity contribution in [3.63, 3.8) is 0 Å². The number of aliphatic hydroxyl groups excluding tert-OH is 1. The van der Waals surface area contributed by atoms with Gasteiger partial charge in [-0.15, -0.1) is 0 Å². The van der Waals surface area contributed by atoms with Crippen LogP contribution in [0.1, 0.15) is 25.7 Å². The largest absolute Gasteiger partial charge is 0.481 e. The van der Waals surface area contributed by atoms with Gasteiger partial charge in [0.2, 0.25) is 0 Å². The molecule has 0 aromatic rings. The number of carbonyl (C=O) groups is 1. The Morgan fingerprint density at radius 2 is 2.00 bits per heavy atom. The second-order valence-corrected chi connectivity index (χ2v) is 3.17. The molecule has 0 bridgehead atoms. The van der Waals surface area contributed by atoms with Crippen molar-refractivity contribution < 1.29 is 15.0 Å². The lowest BCUT2D eigenvalue weighted by molar-refractivity contribution is -0.145. The number of carboxylic acids is 1. The number of hydrogen-bond donors (Lipinski definition) is 2. The molecule has 0 amide bonds. The Labute approximate surface area is 66.0 Å². The van der Waals surface area contributed by atoms with Crippen molar-refractivity contribution in [2.24, 2.45) is 11.8 Å². The number of carboxylic acid groups (broad SMARTS) is 1. The van der Waals surface area contributed by atoms with Crippen molar-refractivity contribution in [1.29, 1.82) is 0 Å². The number of hydrogen-bond acceptors (Lipinski definition) is 2. The molecule has 64 valence electrons. The molecule has 1 fully saturated rings. The topological polar surface area (TPSA) is 57.5 Å². The first-order valence-electron chi connectivity index (χ1n) is 4.09. The molecule has 3 heteroatoms. The number of rotatable bonds is 2. The molecule has 1 rings (SSSR count). The van der Waals surface area contributed by atoms with Crippen molar-refractivity contribution >= 4 is 5.97 Å². The molecule has 11 heavy (non-hydrogen) atoms. The van der Waals surface area contributed by atoms with Crippen molar-refractivity contribution in [3.05, 3.63) is 0 Å². The average molecular weight is 158 g/mol. The molecular formula is C8H14O3. The second-order valence-electron chi connectivity index (χ2n) is 3.17. The molecule has 0 saturated heterocycles. The quantitative estimate of drug-likeness (QED) is 0.627. The molecule has 0 aromatic heterocycles. The van der Waals surface area contributed by atoms with Crippen LogP contribution in [-0.4, -0.2) is 22.8 Å². The summed E-state index contributed by atoms with van der Waals surface area (Å²) in [6.45, 7) is 0.0248. The molecule has 2 atom stereocenters. The van der Waals surface area contributed by atoms with Gasteiger partial charge >= 0.3 is 5.97 Å². The first-order chi connectivity index (χ1) is 5.25. The fraction of sp³-hybridized carbons (Fsp3) is 0.875. The lowest BCUT2D eigenvalue weighted by Crippen LogP contribution is -2.29. The Kier molecular flexibility index (Phi) is 2.88. The number of aliphatic hydroxyl groups is 1. The van der Waals surface area contributed by atoms with Crippen LogP contribution in [0.3, 0.4) is 0 Å². The van der Waals surface area contributed by atoms with E-state index in [2.05, 4.69) is 0 Å². The van der Waals surface area contributed by atoms with Gasteiger partial charge in [0.25, 0.3) is 0 Å². The smallest absolute Gasteiger partial charge is 0.306 e. The summed E-state index contributed by atoms with van der Waals surface area (Å²) in [5.41, 5.74) is 0. The van der Waals surface area contributed by atoms with E-state index >= 15 is 0 Å². The van der Waals surface area contributed by atoms with Gasteiger partial charge in [-0.25, -0.2) is 0 Å². The summed E-state index contributed by atoms with van der Waals surface area (Å²) >= 11 is 0. The molecular weight excluding hydrogens is 144 g/mol. The van der Waals surface area contributed by atoms with Crippen molar-refractivity contribution in [3.8, 4) is 0 Å². The molecule has 1 saturated carbocycles. The van der Waals surface area contributed by atoms with Gasteiger partial charge in [0, 0.05) is 6.61 Å². The predicted octanol–water partition coefficient (Wildman–Crippen LogP) is 0.870. The summed E-state index contributed by atoms with van der Waals surface area (Å²) in [6.07, 6.45) is 3.66. The summed E-state index contributed by atoms with van der Waals surface area (Å²) in [6, 6.07) is 0. The first kappa shape index (κ1) is 8.53. The lowest BCUT2D eigenvalue weighted by atomic mass is 9.80. The van der Waals surface area contributed by atoms with E-state index in [1.807, 2.05) is 0 Å². The molecule has 0 spiro atoms. The third kappa shape index (κ3) is 1.93. The Morgan fingerprint density at radius 1 is 1.36 bits per heavy atom. The van der Waals surface area contributed by atoms with E-state index in [1.165, 1.54) is 0 Å². The van der Waals surface area contributed by atoms with Crippen molar-refractivity contribution in [2.45, 2.75) is 25.7 Å². The molecule has 1 aliphatic rings. The van der Waals surface area contributed by atoms with Gasteiger partial charge in [-0.2, -0.15) is 0 Å². The first-order valence-corrected chi connectivity index (χ1v) is 4.09. The molecule has 0 aromatic carbocycles. The minimum atomic E-state index is -0.747. The summed E-state index contributed by atoms with van der Waals surface area (Å²) in [7, 11) is 0. The lowest BCUT2D eigenvalue weighted by Gasteiger charge is -2.26. The highest BCUT2D eigenvalue weighted by atomic mass is 16.4. The average Bonchev–Trinajstić information content (AvgIpc) is 2.04. The zero-order valence-corrected chi connectivity index (χ0v) is 6.49. The van der Waals surface area contributed by atoms with Crippen LogP contribution in [0.4, 0.5) is 0 Å². The Balaban J connectivity index is 2.51. The third-order valence-corrected chi connectivity index (χ3v) is 2.46. The van der Waals surface area contributed by atoms with Gasteiger partial charge in [-0.05, 0) is 18.8 Å². The van der Waals surface area contributed by atoms with Crippen LogP contribution in [0.25, 0.3) is 0 Å². The SMILES string of the molecule is O=C(O)C1CCCCC1CO. The van der Waals surface area contributed by atoms with Crippen LogP contribution in [-0.2, 0) is 4.79 Å². The minimum Gasteiger partial charge on any atom is -0.481 e. The molecule has 2 N–H and O–H groups in total. The van der Waals surface area contributed by atoms with Crippen LogP contribution in [0.5, 0.6) is 0 Å². The van der Waals surface area contributed by atoms with Crippen LogP contribution in [0.2, 0.25) is 0 Å². The molecule has 0 aliphatic heterocycles. The summed E-state index contributed by atoms with van der Waals surface area (Å²) in [4.78, 5) is 10.6. The van der Waals surface area contributed by atoms with E-state index in [0.717, 1.165) is 25.7 Å². The van der Waals surface area contributed by atoms with E-state index < -0.39 is 5.97 Å². The standard InChI is InChI=1S/C8H14O3/c9-5-6-3-1-2-4-7(6)8(10)11/h6-7,9H,1-5H2,(H,10,11). The molecule has 1 aliphatic carbocycles. The van der Waals surface area contributed by atoms with E-state index in [-0.39, 0.29) is 18.4 Å². The predicted molar refractivity (Wildman–Crippen MR) is 40.2 cm³/mol. The minimum absolute atomic E-state index is 0.00116. The highest BCUT2D eigenvalue weighted by Gasteiger charge is 2.29. The van der Waals surface area contributed by atoms with E-state index in [4.69, 9.17) is 10.2 Å². The Bertz CT molecular complexity index is 144. The summed E-state index contributed by atoms with van der Waals surface area (Å²) < 4.78 is 0. The molecule has 2 unspecified atom stereocenters. The van der Waals surface area contributed by atoms with Crippen LogP contribution in [0, 0.1) is 11.8 Å². The molecule has 0 radical (unpaired) electrons. The van der Waals surface area contributed by atoms with Gasteiger partial charge in [-0.3, -0.25) is 4.79 Å². The van der Waals surface area contributed by atoms with E-state index in [9.17, 15) is 4.79 Å². The zero-order valence-electron chi connectivity index (χ0n) is 6.49. The van der Waals surface area contributed by atoms with E-state index in [0.29, 0.717) is 0 Å². The van der Waals surface area contributed by atoms with Gasteiger partial charge in [-0.1, -0.05) is 12.8 Å². The van der Waals surface area contributed by atoms with Gasteiger partial charge < -0.3 is 10.2 Å². The van der Waals surface area contributed by atoms with Crippen LogP contribution < -0.4 is 0 Å². The van der Waals surface area contributed by atoms with Crippen molar-refractivity contribution in [1.82, 2.24) is 0 Å². The fourth-order valence-corrected chi connectivity index (χ4v) is 1.75. The third-order valence-electron chi connectivity index (χ3n) is 2.46. The summed E-state index contributed by atoms with van der Waals surface area (Å²) in [5.74, 6) is -1.04. The normalized spacial score (nSPS) is 31.7. The monoisotopic (exact) mass is 158 g/mol. The maximum absolute atomic E-state index is 10.6. The van der Waals surface area contributed by atoms with Crippen LogP contribution in [0.15, 0.2) is 0 Å². The highest BCUT2D eigenvalue weighted by molar-refractivity contribution is 5.70. The van der Waals surface area contributed by atoms with E-state index in [1.54, 1.807) is 0 Å². The van der Waals surface area contributed by atoms with Gasteiger partial charge in [0.1, 0.15) is 0 Å². The van der Waals surface area contributed by atoms with Crippen LogP contribution >= 0.6 is 0 Å². The zero-order chi connectivity index (χ0) is 8.27. The highest BCUT2D eigenvalue weighted by Crippen LogP contribution is 2.29. The van der Waals surface area contributed by atoms with Gasteiger partial charge in [0.05, 0.1) is 5.92 Å².